The molecule has 0 aromatic rings. The van der Waals surface area contributed by atoms with Crippen LogP contribution in [-0.4, -0.2) is 37.0 Å². The Kier molecular flexibility index (Phi) is 7.95. The minimum absolute atomic E-state index is 0.259. The Morgan fingerprint density at radius 3 is 2.68 bits per heavy atom. The third-order valence-corrected chi connectivity index (χ3v) is 4.80. The number of hydrogen-bond acceptors (Lipinski definition) is 3. The summed E-state index contributed by atoms with van der Waals surface area (Å²) in [4.78, 5) is 10.4. The molecule has 4 heteroatoms. The molecule has 1 saturated carbocycles. The Bertz CT molecular complexity index is 347. The van der Waals surface area contributed by atoms with Crippen LogP contribution in [0.3, 0.4) is 0 Å². The van der Waals surface area contributed by atoms with E-state index in [4.69, 9.17) is 14.6 Å². The van der Waals surface area contributed by atoms with Gasteiger partial charge in [0.25, 0.3) is 0 Å². The van der Waals surface area contributed by atoms with Crippen molar-refractivity contribution in [3.63, 3.8) is 0 Å². The van der Waals surface area contributed by atoms with E-state index in [1.165, 1.54) is 32.1 Å². The van der Waals surface area contributed by atoms with Crippen LogP contribution in [0.5, 0.6) is 0 Å². The Labute approximate surface area is 133 Å². The number of carboxylic acids is 1. The van der Waals surface area contributed by atoms with Crippen molar-refractivity contribution in [3.05, 3.63) is 12.2 Å². The molecule has 2 rings (SSSR count). The average molecular weight is 310 g/mol. The van der Waals surface area contributed by atoms with Gasteiger partial charge < -0.3 is 14.6 Å². The minimum Gasteiger partial charge on any atom is -0.481 e. The van der Waals surface area contributed by atoms with Crippen LogP contribution in [0.1, 0.15) is 57.8 Å². The maximum Gasteiger partial charge on any atom is 0.303 e. The van der Waals surface area contributed by atoms with Crippen molar-refractivity contribution in [2.75, 3.05) is 19.8 Å². The van der Waals surface area contributed by atoms with Crippen molar-refractivity contribution < 1.29 is 19.4 Å². The third kappa shape index (κ3) is 6.49. The van der Waals surface area contributed by atoms with Gasteiger partial charge in [0.05, 0.1) is 25.9 Å². The molecule has 0 radical (unpaired) electrons. The molecule has 1 aliphatic heterocycles. The molecular weight excluding hydrogens is 280 g/mol. The summed E-state index contributed by atoms with van der Waals surface area (Å²) in [6.07, 6.45) is 14.1. The number of aliphatic carboxylic acids is 1. The van der Waals surface area contributed by atoms with Gasteiger partial charge in [-0.05, 0) is 38.0 Å². The molecule has 2 atom stereocenters. The van der Waals surface area contributed by atoms with Crippen LogP contribution in [0.25, 0.3) is 0 Å². The quantitative estimate of drug-likeness (QED) is 0.520. The molecule has 1 saturated heterocycles. The first-order valence-corrected chi connectivity index (χ1v) is 8.82. The topological polar surface area (TPSA) is 55.8 Å². The average Bonchev–Trinajstić information content (AvgIpc) is 2.97. The van der Waals surface area contributed by atoms with Crippen LogP contribution in [0.15, 0.2) is 12.2 Å². The summed E-state index contributed by atoms with van der Waals surface area (Å²) in [7, 11) is 0. The summed E-state index contributed by atoms with van der Waals surface area (Å²) in [5.74, 6) is 0.363. The summed E-state index contributed by atoms with van der Waals surface area (Å²) in [6.45, 7) is 2.49. The lowest BCUT2D eigenvalue weighted by Gasteiger charge is -2.25. The van der Waals surface area contributed by atoms with Gasteiger partial charge in [-0.25, -0.2) is 0 Å². The molecule has 4 nitrogen and oxygen atoms in total. The highest BCUT2D eigenvalue weighted by molar-refractivity contribution is 5.66. The number of unbranched alkanes of at least 4 members (excludes halogenated alkanes) is 1. The van der Waals surface area contributed by atoms with E-state index in [1.807, 2.05) is 0 Å². The first kappa shape index (κ1) is 17.5. The zero-order valence-electron chi connectivity index (χ0n) is 13.5. The number of allylic oxidation sites excluding steroid dienone is 2. The highest BCUT2D eigenvalue weighted by atomic mass is 16.5. The monoisotopic (exact) mass is 310 g/mol. The van der Waals surface area contributed by atoms with Crippen molar-refractivity contribution in [3.8, 4) is 0 Å². The van der Waals surface area contributed by atoms with Crippen LogP contribution in [0, 0.1) is 11.8 Å². The van der Waals surface area contributed by atoms with E-state index in [9.17, 15) is 4.79 Å². The van der Waals surface area contributed by atoms with E-state index < -0.39 is 5.97 Å². The van der Waals surface area contributed by atoms with Crippen LogP contribution >= 0.6 is 0 Å². The second-order valence-electron chi connectivity index (χ2n) is 6.64. The van der Waals surface area contributed by atoms with Crippen molar-refractivity contribution in [2.45, 2.75) is 63.9 Å². The molecule has 0 aromatic carbocycles. The molecule has 126 valence electrons. The Hall–Kier alpha value is -0.870. The zero-order valence-corrected chi connectivity index (χ0v) is 13.5. The first-order chi connectivity index (χ1) is 10.8. The smallest absolute Gasteiger partial charge is 0.303 e. The predicted octanol–water partition coefficient (Wildman–Crippen LogP) is 3.80. The number of carboxylic acid groups (broad SMARTS) is 1. The molecular formula is C18H30O4. The summed E-state index contributed by atoms with van der Waals surface area (Å²) in [5, 5.41) is 8.59. The van der Waals surface area contributed by atoms with Crippen LogP contribution < -0.4 is 0 Å². The molecule has 0 unspecified atom stereocenters. The molecule has 1 heterocycles. The van der Waals surface area contributed by atoms with Gasteiger partial charge in [0.2, 0.25) is 0 Å². The summed E-state index contributed by atoms with van der Waals surface area (Å²) in [5.41, 5.74) is 0. The standard InChI is InChI=1S/C18H30O4/c19-18(20)11-7-2-1-4-8-15-12-21-13-16(15)14-22-17-9-5-3-6-10-17/h1,4,15-17H,2-3,5-14H2,(H,19,20)/t15-,16+/m0/s1. The van der Waals surface area contributed by atoms with E-state index in [0.717, 1.165) is 39.1 Å². The number of ether oxygens (including phenoxy) is 2. The molecule has 22 heavy (non-hydrogen) atoms. The van der Waals surface area contributed by atoms with Gasteiger partial charge in [-0.15, -0.1) is 0 Å². The predicted molar refractivity (Wildman–Crippen MR) is 85.9 cm³/mol. The lowest BCUT2D eigenvalue weighted by atomic mass is 9.92. The van der Waals surface area contributed by atoms with Crippen molar-refractivity contribution in [1.29, 1.82) is 0 Å². The fraction of sp³-hybridized carbons (Fsp3) is 0.833. The molecule has 0 bridgehead atoms. The Balaban J connectivity index is 1.60. The number of hydrogen-bond donors (Lipinski definition) is 1. The number of carbonyl (C=O) groups is 1. The summed E-state index contributed by atoms with van der Waals surface area (Å²) >= 11 is 0. The van der Waals surface area contributed by atoms with Gasteiger partial charge in [0.15, 0.2) is 0 Å². The van der Waals surface area contributed by atoms with Crippen LogP contribution in [0.2, 0.25) is 0 Å². The molecule has 2 fully saturated rings. The largest absolute Gasteiger partial charge is 0.481 e. The van der Waals surface area contributed by atoms with Gasteiger partial charge in [-0.2, -0.15) is 0 Å². The molecule has 2 aliphatic rings. The molecule has 0 aromatic heterocycles. The van der Waals surface area contributed by atoms with E-state index in [1.54, 1.807) is 0 Å². The van der Waals surface area contributed by atoms with E-state index in [2.05, 4.69) is 12.2 Å². The fourth-order valence-electron chi connectivity index (χ4n) is 3.34. The van der Waals surface area contributed by atoms with Gasteiger partial charge in [-0.1, -0.05) is 31.4 Å². The van der Waals surface area contributed by atoms with Crippen molar-refractivity contribution >= 4 is 5.97 Å². The fourth-order valence-corrected chi connectivity index (χ4v) is 3.34. The highest BCUT2D eigenvalue weighted by Crippen LogP contribution is 2.27. The van der Waals surface area contributed by atoms with E-state index in [-0.39, 0.29) is 6.42 Å². The lowest BCUT2D eigenvalue weighted by Crippen LogP contribution is -2.24. The third-order valence-electron chi connectivity index (χ3n) is 4.80. The van der Waals surface area contributed by atoms with Crippen LogP contribution in [0.4, 0.5) is 0 Å². The molecule has 0 spiro atoms. The summed E-state index contributed by atoms with van der Waals surface area (Å²) < 4.78 is 11.7. The molecule has 1 aliphatic carbocycles. The van der Waals surface area contributed by atoms with Gasteiger partial charge in [-0.3, -0.25) is 4.79 Å². The van der Waals surface area contributed by atoms with Gasteiger partial charge >= 0.3 is 5.97 Å². The first-order valence-electron chi connectivity index (χ1n) is 8.82. The molecule has 0 amide bonds. The van der Waals surface area contributed by atoms with Crippen molar-refractivity contribution in [1.82, 2.24) is 0 Å². The van der Waals surface area contributed by atoms with Gasteiger partial charge in [0, 0.05) is 12.3 Å². The summed E-state index contributed by atoms with van der Waals surface area (Å²) in [6, 6.07) is 0. The van der Waals surface area contributed by atoms with Crippen LogP contribution in [-0.2, 0) is 14.3 Å². The van der Waals surface area contributed by atoms with E-state index >= 15 is 0 Å². The second kappa shape index (κ2) is 10.0. The normalized spacial score (nSPS) is 26.7. The Morgan fingerprint density at radius 2 is 1.91 bits per heavy atom. The highest BCUT2D eigenvalue weighted by Gasteiger charge is 2.28. The zero-order chi connectivity index (χ0) is 15.6. The lowest BCUT2D eigenvalue weighted by molar-refractivity contribution is -0.137. The molecule has 1 N–H and O–H groups in total. The number of rotatable bonds is 9. The Morgan fingerprint density at radius 1 is 1.14 bits per heavy atom. The second-order valence-corrected chi connectivity index (χ2v) is 6.64. The maximum atomic E-state index is 10.4. The van der Waals surface area contributed by atoms with E-state index in [0.29, 0.717) is 17.9 Å². The minimum atomic E-state index is -0.711. The maximum absolute atomic E-state index is 10.4. The SMILES string of the molecule is O=C(O)CCCC=CC[C@H]1COC[C@@H]1COC1CCCCC1. The van der Waals surface area contributed by atoms with Crippen molar-refractivity contribution in [2.24, 2.45) is 11.8 Å². The van der Waals surface area contributed by atoms with Gasteiger partial charge in [0.1, 0.15) is 0 Å².